The third-order valence-electron chi connectivity index (χ3n) is 12.8. The predicted octanol–water partition coefficient (Wildman–Crippen LogP) is 7.56. The summed E-state index contributed by atoms with van der Waals surface area (Å²) >= 11 is 0. The van der Waals surface area contributed by atoms with Gasteiger partial charge in [0.15, 0.2) is 27.6 Å². The molecule has 0 aliphatic heterocycles. The summed E-state index contributed by atoms with van der Waals surface area (Å²) in [6.07, 6.45) is 0. The van der Waals surface area contributed by atoms with Crippen LogP contribution in [0.15, 0.2) is 231 Å². The van der Waals surface area contributed by atoms with Gasteiger partial charge in [0.1, 0.15) is 0 Å². The van der Waals surface area contributed by atoms with Crippen molar-refractivity contribution in [1.82, 2.24) is 4.57 Å². The molecule has 1 heterocycles. The second-order valence-corrected chi connectivity index (χ2v) is 23.5. The van der Waals surface area contributed by atoms with Gasteiger partial charge in [-0.3, -0.25) is 0 Å². The van der Waals surface area contributed by atoms with E-state index in [0.29, 0.717) is 17.2 Å². The Morgan fingerprint density at radius 1 is 0.302 bits per heavy atom. The fourth-order valence-corrected chi connectivity index (χ4v) is 19.6. The first-order valence-corrected chi connectivity index (χ1v) is 25.4. The van der Waals surface area contributed by atoms with E-state index in [9.17, 15) is 0 Å². The standard InChI is InChI=1S/C57H47NO3Si2/c1-59-55-38-42(39-56(60-2)57(55)61-3)58-53-36-34-49(62(43-22-10-4-11-23-43,44-24-12-5-13-25-44)45-26-14-6-15-27-45)40-51(53)52-41-50(35-37-54(52)58)63(46-28-16-7-17-29-46,47-30-18-8-19-31-47)48-32-20-9-21-33-48/h4-41H,1-3H3. The summed E-state index contributed by atoms with van der Waals surface area (Å²) in [5, 5.41) is 13.0. The number of ether oxygens (including phenoxy) is 3. The van der Waals surface area contributed by atoms with Gasteiger partial charge >= 0.3 is 0 Å². The molecule has 0 atom stereocenters. The molecule has 0 spiro atoms. The number of rotatable bonds is 12. The topological polar surface area (TPSA) is 32.6 Å². The Labute approximate surface area is 371 Å². The highest BCUT2D eigenvalue weighted by Crippen LogP contribution is 2.42. The Kier molecular flexibility index (Phi) is 10.6. The minimum absolute atomic E-state index is 0.558. The van der Waals surface area contributed by atoms with E-state index in [0.717, 1.165) is 16.7 Å². The number of hydrogen-bond acceptors (Lipinski definition) is 3. The number of methoxy groups -OCH3 is 3. The first-order chi connectivity index (χ1) is 31.1. The smallest absolute Gasteiger partial charge is 0.203 e. The molecule has 10 rings (SSSR count). The van der Waals surface area contributed by atoms with Crippen LogP contribution in [0.5, 0.6) is 17.2 Å². The predicted molar refractivity (Wildman–Crippen MR) is 268 cm³/mol. The van der Waals surface area contributed by atoms with Crippen molar-refractivity contribution in [1.29, 1.82) is 0 Å². The summed E-state index contributed by atoms with van der Waals surface area (Å²) in [6.45, 7) is 0. The first-order valence-electron chi connectivity index (χ1n) is 21.4. The minimum atomic E-state index is -2.88. The molecule has 0 bridgehead atoms. The van der Waals surface area contributed by atoms with Crippen LogP contribution < -0.4 is 55.7 Å². The van der Waals surface area contributed by atoms with E-state index in [4.69, 9.17) is 14.2 Å². The summed E-state index contributed by atoms with van der Waals surface area (Å²) in [5.74, 6) is 1.76. The molecule has 306 valence electrons. The molecule has 0 unspecified atom stereocenters. The summed E-state index contributed by atoms with van der Waals surface area (Å²) in [5.41, 5.74) is 3.09. The number of nitrogens with zero attached hydrogens (tertiary/aromatic N) is 1. The van der Waals surface area contributed by atoms with Crippen LogP contribution in [0.4, 0.5) is 0 Å². The molecule has 9 aromatic carbocycles. The van der Waals surface area contributed by atoms with Crippen molar-refractivity contribution >= 4 is 79.4 Å². The number of aromatic nitrogens is 1. The second-order valence-electron chi connectivity index (χ2n) is 15.9. The largest absolute Gasteiger partial charge is 0.493 e. The van der Waals surface area contributed by atoms with Gasteiger partial charge in [0.25, 0.3) is 0 Å². The Bertz CT molecular complexity index is 2760. The number of hydrogen-bond donors (Lipinski definition) is 0. The van der Waals surface area contributed by atoms with E-state index in [1.807, 2.05) is 0 Å². The van der Waals surface area contributed by atoms with E-state index >= 15 is 0 Å². The molecule has 0 fully saturated rings. The van der Waals surface area contributed by atoms with Crippen LogP contribution in [0.1, 0.15) is 0 Å². The van der Waals surface area contributed by atoms with E-state index in [1.165, 1.54) is 52.3 Å². The van der Waals surface area contributed by atoms with E-state index in [-0.39, 0.29) is 0 Å². The van der Waals surface area contributed by atoms with Crippen molar-refractivity contribution in [2.75, 3.05) is 21.3 Å². The first kappa shape index (κ1) is 39.7. The lowest BCUT2D eigenvalue weighted by Crippen LogP contribution is -2.74. The molecule has 0 N–H and O–H groups in total. The monoisotopic (exact) mass is 849 g/mol. The maximum absolute atomic E-state index is 5.96. The van der Waals surface area contributed by atoms with Crippen LogP contribution in [-0.4, -0.2) is 42.0 Å². The second kappa shape index (κ2) is 16.8. The maximum atomic E-state index is 5.96. The van der Waals surface area contributed by atoms with Gasteiger partial charge in [-0.05, 0) is 53.6 Å². The molecule has 0 amide bonds. The van der Waals surface area contributed by atoms with Gasteiger partial charge in [0.2, 0.25) is 5.75 Å². The quantitative estimate of drug-likeness (QED) is 0.0941. The van der Waals surface area contributed by atoms with Crippen LogP contribution in [0.2, 0.25) is 0 Å². The Balaban J connectivity index is 1.36. The zero-order valence-corrected chi connectivity index (χ0v) is 37.6. The lowest BCUT2D eigenvalue weighted by atomic mass is 10.1. The molecule has 1 aromatic heterocycles. The third kappa shape index (κ3) is 6.49. The highest BCUT2D eigenvalue weighted by atomic mass is 28.3. The van der Waals surface area contributed by atoms with Crippen LogP contribution in [0.3, 0.4) is 0 Å². The minimum Gasteiger partial charge on any atom is -0.493 e. The Morgan fingerprint density at radius 2 is 0.587 bits per heavy atom. The molecule has 0 aliphatic carbocycles. The summed E-state index contributed by atoms with van der Waals surface area (Å²) in [7, 11) is -0.768. The molecule has 63 heavy (non-hydrogen) atoms. The molecule has 10 aromatic rings. The fraction of sp³-hybridized carbons (Fsp3) is 0.0526. The van der Waals surface area contributed by atoms with E-state index in [2.05, 4.69) is 235 Å². The van der Waals surface area contributed by atoms with Crippen LogP contribution in [-0.2, 0) is 0 Å². The van der Waals surface area contributed by atoms with Crippen molar-refractivity contribution in [2.24, 2.45) is 0 Å². The van der Waals surface area contributed by atoms with Crippen molar-refractivity contribution < 1.29 is 14.2 Å². The molecular weight excluding hydrogens is 803 g/mol. The maximum Gasteiger partial charge on any atom is 0.203 e. The SMILES string of the molecule is COc1cc(-n2c3ccc([Si](c4ccccc4)(c4ccccc4)c4ccccc4)cc3c3cc([Si](c4ccccc4)(c4ccccc4)c4ccccc4)ccc32)cc(OC)c1OC. The van der Waals surface area contributed by atoms with Gasteiger partial charge in [0, 0.05) is 22.9 Å². The average Bonchev–Trinajstić information content (AvgIpc) is 3.69. The number of benzene rings is 9. The van der Waals surface area contributed by atoms with Crippen LogP contribution >= 0.6 is 0 Å². The molecule has 0 aliphatic rings. The van der Waals surface area contributed by atoms with Gasteiger partial charge in [-0.15, -0.1) is 0 Å². The molecule has 6 heteroatoms. The highest BCUT2D eigenvalue weighted by molar-refractivity contribution is 7.20. The molecule has 0 saturated heterocycles. The van der Waals surface area contributed by atoms with Crippen molar-refractivity contribution in [3.05, 3.63) is 231 Å². The molecular formula is C57H47NO3Si2. The Morgan fingerprint density at radius 3 is 0.841 bits per heavy atom. The average molecular weight is 850 g/mol. The summed E-state index contributed by atoms with van der Waals surface area (Å²) in [4.78, 5) is 0. The van der Waals surface area contributed by atoms with Gasteiger partial charge in [-0.1, -0.05) is 206 Å². The van der Waals surface area contributed by atoms with Gasteiger partial charge < -0.3 is 18.8 Å². The summed E-state index contributed by atoms with van der Waals surface area (Å²) in [6, 6.07) is 85.4. The normalized spacial score (nSPS) is 11.7. The van der Waals surface area contributed by atoms with Crippen molar-refractivity contribution in [2.45, 2.75) is 0 Å². The van der Waals surface area contributed by atoms with Gasteiger partial charge in [-0.25, -0.2) is 0 Å². The van der Waals surface area contributed by atoms with Gasteiger partial charge in [-0.2, -0.15) is 0 Å². The van der Waals surface area contributed by atoms with E-state index < -0.39 is 16.1 Å². The van der Waals surface area contributed by atoms with Gasteiger partial charge in [0.05, 0.1) is 38.1 Å². The van der Waals surface area contributed by atoms with Crippen LogP contribution in [0.25, 0.3) is 27.5 Å². The molecule has 4 nitrogen and oxygen atoms in total. The Hall–Kier alpha value is -7.39. The fourth-order valence-electron chi connectivity index (χ4n) is 10.1. The number of fused-ring (bicyclic) bond motifs is 3. The summed E-state index contributed by atoms with van der Waals surface area (Å²) < 4.78 is 20.1. The lowest BCUT2D eigenvalue weighted by molar-refractivity contribution is 0.324. The lowest BCUT2D eigenvalue weighted by Gasteiger charge is -2.34. The molecule has 0 radical (unpaired) electrons. The highest BCUT2D eigenvalue weighted by Gasteiger charge is 2.43. The molecule has 0 saturated carbocycles. The van der Waals surface area contributed by atoms with Crippen molar-refractivity contribution in [3.8, 4) is 22.9 Å². The van der Waals surface area contributed by atoms with Crippen LogP contribution in [0, 0.1) is 0 Å². The third-order valence-corrected chi connectivity index (χ3v) is 22.3. The van der Waals surface area contributed by atoms with Crippen molar-refractivity contribution in [3.63, 3.8) is 0 Å². The zero-order valence-electron chi connectivity index (χ0n) is 35.6. The zero-order chi connectivity index (χ0) is 42.8. The van der Waals surface area contributed by atoms with E-state index in [1.54, 1.807) is 21.3 Å².